The van der Waals surface area contributed by atoms with Gasteiger partial charge in [-0.2, -0.15) is 4.57 Å². The van der Waals surface area contributed by atoms with Crippen LogP contribution in [0.3, 0.4) is 0 Å². The summed E-state index contributed by atoms with van der Waals surface area (Å²) >= 11 is 0. The van der Waals surface area contributed by atoms with Gasteiger partial charge in [-0.05, 0) is 49.6 Å². The van der Waals surface area contributed by atoms with Crippen LogP contribution in [0.25, 0.3) is 22.2 Å². The summed E-state index contributed by atoms with van der Waals surface area (Å²) in [6, 6.07) is 17.4. The third-order valence-electron chi connectivity index (χ3n) is 4.28. The zero-order valence-corrected chi connectivity index (χ0v) is 12.6. The second kappa shape index (κ2) is 4.75. The highest BCUT2D eigenvalue weighted by Gasteiger charge is 2.18. The van der Waals surface area contributed by atoms with Crippen molar-refractivity contribution in [3.63, 3.8) is 0 Å². The number of nitrogens with zero attached hydrogens (tertiary/aromatic N) is 1. The number of para-hydroxylation sites is 1. The Morgan fingerprint density at radius 1 is 0.750 bits per heavy atom. The predicted octanol–water partition coefficient (Wildman–Crippen LogP) is 4.26. The first kappa shape index (κ1) is 12.9. The van der Waals surface area contributed by atoms with Crippen LogP contribution in [0.15, 0.2) is 48.5 Å². The monoisotopic (exact) mass is 262 g/mol. The Labute approximate surface area is 120 Å². The first-order valence-electron chi connectivity index (χ1n) is 7.04. The van der Waals surface area contributed by atoms with E-state index < -0.39 is 0 Å². The molecule has 0 N–H and O–H groups in total. The van der Waals surface area contributed by atoms with Crippen LogP contribution in [0.5, 0.6) is 0 Å². The van der Waals surface area contributed by atoms with E-state index in [0.717, 1.165) is 0 Å². The van der Waals surface area contributed by atoms with Crippen molar-refractivity contribution in [1.29, 1.82) is 0 Å². The van der Waals surface area contributed by atoms with Crippen LogP contribution in [0.4, 0.5) is 0 Å². The first-order chi connectivity index (χ1) is 9.59. The number of benzene rings is 2. The van der Waals surface area contributed by atoms with Gasteiger partial charge in [0.15, 0.2) is 0 Å². The lowest BCUT2D eigenvalue weighted by atomic mass is 9.95. The van der Waals surface area contributed by atoms with E-state index in [1.807, 2.05) is 0 Å². The first-order valence-corrected chi connectivity index (χ1v) is 7.04. The Hall–Kier alpha value is -2.15. The average molecular weight is 262 g/mol. The fraction of sp³-hybridized carbons (Fsp3) is 0.211. The quantitative estimate of drug-likeness (QED) is 0.577. The molecular formula is C19H20N+. The summed E-state index contributed by atoms with van der Waals surface area (Å²) < 4.78 is 2.30. The summed E-state index contributed by atoms with van der Waals surface area (Å²) in [6.45, 7) is 6.59. The van der Waals surface area contributed by atoms with Crippen LogP contribution in [0.2, 0.25) is 0 Å². The van der Waals surface area contributed by atoms with Crippen molar-refractivity contribution in [2.24, 2.45) is 7.05 Å². The Balaban J connectivity index is 2.36. The van der Waals surface area contributed by atoms with Gasteiger partial charge < -0.3 is 0 Å². The second-order valence-corrected chi connectivity index (χ2v) is 5.54. The summed E-state index contributed by atoms with van der Waals surface area (Å²) in [5, 5.41) is 1.28. The fourth-order valence-electron chi connectivity index (χ4n) is 2.94. The molecule has 0 aliphatic carbocycles. The minimum absolute atomic E-state index is 1.27. The molecule has 0 unspecified atom stereocenters. The van der Waals surface area contributed by atoms with Gasteiger partial charge in [0.05, 0.1) is 5.56 Å². The third kappa shape index (κ3) is 1.90. The summed E-state index contributed by atoms with van der Waals surface area (Å²) in [4.78, 5) is 0. The van der Waals surface area contributed by atoms with E-state index in [-0.39, 0.29) is 0 Å². The molecule has 0 saturated carbocycles. The van der Waals surface area contributed by atoms with Crippen LogP contribution in [-0.2, 0) is 7.05 Å². The smallest absolute Gasteiger partial charge is 0.194 e. The Bertz CT molecular complexity index is 800. The van der Waals surface area contributed by atoms with Gasteiger partial charge in [0, 0.05) is 17.5 Å². The van der Waals surface area contributed by atoms with Crippen molar-refractivity contribution in [3.05, 3.63) is 65.2 Å². The summed E-state index contributed by atoms with van der Waals surface area (Å²) in [7, 11) is 2.15. The van der Waals surface area contributed by atoms with Gasteiger partial charge in [-0.15, -0.1) is 0 Å². The van der Waals surface area contributed by atoms with Crippen molar-refractivity contribution in [2.45, 2.75) is 20.8 Å². The van der Waals surface area contributed by atoms with Crippen LogP contribution >= 0.6 is 0 Å². The molecule has 0 aliphatic rings. The van der Waals surface area contributed by atoms with Gasteiger partial charge in [-0.25, -0.2) is 0 Å². The number of aryl methyl sites for hydroxylation is 3. The molecule has 2 aromatic carbocycles. The molecule has 0 fully saturated rings. The van der Waals surface area contributed by atoms with Crippen LogP contribution in [0.1, 0.15) is 16.7 Å². The third-order valence-corrected chi connectivity index (χ3v) is 4.28. The molecule has 0 saturated heterocycles. The fourth-order valence-corrected chi connectivity index (χ4v) is 2.94. The molecule has 3 aromatic rings. The van der Waals surface area contributed by atoms with Crippen LogP contribution in [0, 0.1) is 20.8 Å². The van der Waals surface area contributed by atoms with E-state index in [2.05, 4.69) is 80.9 Å². The highest BCUT2D eigenvalue weighted by Crippen LogP contribution is 2.28. The Morgan fingerprint density at radius 3 is 2.25 bits per heavy atom. The van der Waals surface area contributed by atoms with Gasteiger partial charge >= 0.3 is 0 Å². The number of rotatable bonds is 1. The van der Waals surface area contributed by atoms with E-state index in [0.29, 0.717) is 0 Å². The van der Waals surface area contributed by atoms with Crippen LogP contribution < -0.4 is 4.57 Å². The second-order valence-electron chi connectivity index (χ2n) is 5.54. The van der Waals surface area contributed by atoms with Crippen molar-refractivity contribution in [3.8, 4) is 11.3 Å². The lowest BCUT2D eigenvalue weighted by Crippen LogP contribution is -2.32. The molecule has 1 heteroatoms. The molecule has 0 bridgehead atoms. The standard InChI is InChI=1S/C19H20N/c1-13-9-10-14(2)19(15(13)3)18-12-11-16-7-5-6-8-17(16)20(18)4/h5-12H,1-4H3/q+1. The molecule has 3 rings (SSSR count). The molecule has 1 heterocycles. The van der Waals surface area contributed by atoms with Gasteiger partial charge in [0.2, 0.25) is 11.2 Å². The lowest BCUT2D eigenvalue weighted by Gasteiger charge is -2.11. The average Bonchev–Trinajstić information content (AvgIpc) is 2.46. The van der Waals surface area contributed by atoms with Gasteiger partial charge in [-0.1, -0.05) is 24.3 Å². The van der Waals surface area contributed by atoms with Crippen LogP contribution in [-0.4, -0.2) is 0 Å². The SMILES string of the molecule is Cc1ccc(C)c(-c2ccc3ccccc3[n+]2C)c1C. The highest BCUT2D eigenvalue weighted by atomic mass is 14.9. The molecular weight excluding hydrogens is 242 g/mol. The van der Waals surface area contributed by atoms with E-state index >= 15 is 0 Å². The van der Waals surface area contributed by atoms with E-state index in [1.165, 1.54) is 38.9 Å². The lowest BCUT2D eigenvalue weighted by molar-refractivity contribution is -0.633. The predicted molar refractivity (Wildman–Crippen MR) is 84.8 cm³/mol. The Morgan fingerprint density at radius 2 is 1.45 bits per heavy atom. The van der Waals surface area contributed by atoms with Crippen molar-refractivity contribution in [1.82, 2.24) is 0 Å². The largest absolute Gasteiger partial charge is 0.213 e. The van der Waals surface area contributed by atoms with E-state index in [4.69, 9.17) is 0 Å². The number of pyridine rings is 1. The number of hydrogen-bond donors (Lipinski definition) is 0. The molecule has 1 nitrogen and oxygen atoms in total. The molecule has 20 heavy (non-hydrogen) atoms. The molecule has 0 radical (unpaired) electrons. The Kier molecular flexibility index (Phi) is 3.06. The van der Waals surface area contributed by atoms with E-state index in [1.54, 1.807) is 0 Å². The highest BCUT2D eigenvalue weighted by molar-refractivity contribution is 5.78. The topological polar surface area (TPSA) is 3.88 Å². The normalized spacial score (nSPS) is 11.0. The zero-order valence-electron chi connectivity index (χ0n) is 12.6. The van der Waals surface area contributed by atoms with Crippen molar-refractivity contribution < 1.29 is 4.57 Å². The molecule has 0 aliphatic heterocycles. The van der Waals surface area contributed by atoms with Gasteiger partial charge in [0.1, 0.15) is 7.05 Å². The van der Waals surface area contributed by atoms with Gasteiger partial charge in [-0.3, -0.25) is 0 Å². The maximum atomic E-state index is 2.30. The van der Waals surface area contributed by atoms with Crippen molar-refractivity contribution in [2.75, 3.05) is 0 Å². The van der Waals surface area contributed by atoms with E-state index in [9.17, 15) is 0 Å². The maximum absolute atomic E-state index is 2.30. The van der Waals surface area contributed by atoms with Crippen molar-refractivity contribution >= 4 is 10.9 Å². The summed E-state index contributed by atoms with van der Waals surface area (Å²) in [5.41, 5.74) is 7.96. The summed E-state index contributed by atoms with van der Waals surface area (Å²) in [6.07, 6.45) is 0. The molecule has 0 spiro atoms. The number of hydrogen-bond acceptors (Lipinski definition) is 0. The van der Waals surface area contributed by atoms with Gasteiger partial charge in [0.25, 0.3) is 0 Å². The molecule has 0 atom stereocenters. The number of aromatic nitrogens is 1. The summed E-state index contributed by atoms with van der Waals surface area (Å²) in [5.74, 6) is 0. The minimum atomic E-state index is 1.27. The minimum Gasteiger partial charge on any atom is -0.194 e. The number of fused-ring (bicyclic) bond motifs is 1. The molecule has 0 amide bonds. The molecule has 100 valence electrons. The maximum Gasteiger partial charge on any atom is 0.213 e. The molecule has 1 aromatic heterocycles. The zero-order chi connectivity index (χ0) is 14.3.